The average molecular weight is 513 g/mol. The Hall–Kier alpha value is -3.70. The van der Waals surface area contributed by atoms with Gasteiger partial charge in [-0.15, -0.1) is 0 Å². The summed E-state index contributed by atoms with van der Waals surface area (Å²) in [6, 6.07) is 11.8. The molecule has 0 radical (unpaired) electrons. The fourth-order valence-electron chi connectivity index (χ4n) is 3.68. The molecule has 2 aromatic heterocycles. The van der Waals surface area contributed by atoms with E-state index in [4.69, 9.17) is 5.73 Å². The molecular formula is C25H26F2N6O2S. The number of aryl methyl sites for hydroxylation is 1. The van der Waals surface area contributed by atoms with Crippen molar-refractivity contribution >= 4 is 34.8 Å². The Morgan fingerprint density at radius 1 is 1.17 bits per heavy atom. The van der Waals surface area contributed by atoms with Gasteiger partial charge in [-0.1, -0.05) is 0 Å². The van der Waals surface area contributed by atoms with Crippen molar-refractivity contribution in [3.05, 3.63) is 72.2 Å². The van der Waals surface area contributed by atoms with Gasteiger partial charge in [0.2, 0.25) is 0 Å². The Bertz CT molecular complexity index is 1330. The van der Waals surface area contributed by atoms with Crippen LogP contribution in [0.25, 0.3) is 16.9 Å². The van der Waals surface area contributed by atoms with E-state index in [0.717, 1.165) is 34.0 Å². The molecule has 4 N–H and O–H groups in total. The Morgan fingerprint density at radius 3 is 2.69 bits per heavy atom. The number of thioether (sulfide) groups is 1. The number of nitrogens with two attached hydrogens (primary N) is 1. The summed E-state index contributed by atoms with van der Waals surface area (Å²) in [6.07, 6.45) is 5.11. The van der Waals surface area contributed by atoms with Crippen molar-refractivity contribution in [1.29, 1.82) is 0 Å². The van der Waals surface area contributed by atoms with Crippen LogP contribution in [0.4, 0.5) is 20.3 Å². The Kier molecular flexibility index (Phi) is 8.34. The number of halogens is 2. The van der Waals surface area contributed by atoms with Crippen LogP contribution in [0.15, 0.2) is 61.1 Å². The number of hydrogen-bond donors (Lipinski definition) is 3. The summed E-state index contributed by atoms with van der Waals surface area (Å²) in [4.78, 5) is 21.4. The van der Waals surface area contributed by atoms with E-state index in [1.165, 1.54) is 12.1 Å². The SMILES string of the molecule is Cc1cc(Nc2nccn3c(-c4ccc(OC(F)F)cc4)cnc23)ccc1C(=O)NCCSCCN. The number of anilines is 2. The predicted octanol–water partition coefficient (Wildman–Crippen LogP) is 4.47. The average Bonchev–Trinajstić information content (AvgIpc) is 3.29. The standard InChI is InChI=1S/C25H26F2N6O2S/c1-16-14-18(4-7-20(16)24(34)30-10-13-36-12-8-28)32-22-23-31-15-21(33(23)11-9-29-22)17-2-5-19(6-3-17)35-25(26)27/h2-7,9,11,14-15,25H,8,10,12-13,28H2,1H3,(H,29,32)(H,30,34). The van der Waals surface area contributed by atoms with Gasteiger partial charge in [-0.3, -0.25) is 9.20 Å². The van der Waals surface area contributed by atoms with E-state index in [1.807, 2.05) is 23.5 Å². The topological polar surface area (TPSA) is 107 Å². The number of rotatable bonds is 11. The van der Waals surface area contributed by atoms with E-state index in [9.17, 15) is 13.6 Å². The number of carbonyl (C=O) groups is 1. The maximum Gasteiger partial charge on any atom is 0.387 e. The number of imidazole rings is 1. The molecule has 36 heavy (non-hydrogen) atoms. The first-order valence-electron chi connectivity index (χ1n) is 11.3. The molecule has 0 bridgehead atoms. The van der Waals surface area contributed by atoms with Gasteiger partial charge in [0.1, 0.15) is 5.75 Å². The maximum absolute atomic E-state index is 12.5. The van der Waals surface area contributed by atoms with Gasteiger partial charge in [0.25, 0.3) is 5.91 Å². The van der Waals surface area contributed by atoms with Gasteiger partial charge in [-0.05, 0) is 55.0 Å². The fourth-order valence-corrected chi connectivity index (χ4v) is 4.30. The van der Waals surface area contributed by atoms with Crippen molar-refractivity contribution in [3.63, 3.8) is 0 Å². The molecule has 188 valence electrons. The molecule has 1 amide bonds. The van der Waals surface area contributed by atoms with Crippen molar-refractivity contribution in [2.24, 2.45) is 5.73 Å². The first kappa shape index (κ1) is 25.4. The monoisotopic (exact) mass is 512 g/mol. The van der Waals surface area contributed by atoms with Gasteiger partial charge in [0, 0.05) is 53.8 Å². The zero-order valence-electron chi connectivity index (χ0n) is 19.6. The lowest BCUT2D eigenvalue weighted by atomic mass is 10.1. The van der Waals surface area contributed by atoms with Crippen LogP contribution < -0.4 is 21.1 Å². The molecule has 8 nitrogen and oxygen atoms in total. The van der Waals surface area contributed by atoms with Gasteiger partial charge < -0.3 is 21.1 Å². The fraction of sp³-hybridized carbons (Fsp3) is 0.240. The van der Waals surface area contributed by atoms with Crippen LogP contribution in [-0.4, -0.2) is 51.5 Å². The number of hydrogen-bond acceptors (Lipinski definition) is 7. The van der Waals surface area contributed by atoms with E-state index in [1.54, 1.807) is 48.6 Å². The van der Waals surface area contributed by atoms with Crippen molar-refractivity contribution in [1.82, 2.24) is 19.7 Å². The summed E-state index contributed by atoms with van der Waals surface area (Å²) in [5, 5.41) is 6.20. The summed E-state index contributed by atoms with van der Waals surface area (Å²) >= 11 is 1.70. The number of fused-ring (bicyclic) bond motifs is 1. The quantitative estimate of drug-likeness (QED) is 0.255. The molecule has 4 aromatic rings. The van der Waals surface area contributed by atoms with E-state index >= 15 is 0 Å². The highest BCUT2D eigenvalue weighted by molar-refractivity contribution is 7.99. The molecule has 2 heterocycles. The predicted molar refractivity (Wildman–Crippen MR) is 138 cm³/mol. The minimum absolute atomic E-state index is 0.0876. The second-order valence-electron chi connectivity index (χ2n) is 7.83. The molecule has 0 spiro atoms. The zero-order chi connectivity index (χ0) is 25.5. The first-order valence-corrected chi connectivity index (χ1v) is 12.4. The molecule has 0 atom stereocenters. The molecular weight excluding hydrogens is 486 g/mol. The summed E-state index contributed by atoms with van der Waals surface area (Å²) in [6.45, 7) is 0.218. The smallest absolute Gasteiger partial charge is 0.387 e. The largest absolute Gasteiger partial charge is 0.435 e. The molecule has 0 aliphatic rings. The van der Waals surface area contributed by atoms with Gasteiger partial charge in [0.15, 0.2) is 11.5 Å². The summed E-state index contributed by atoms with van der Waals surface area (Å²) in [5.74, 6) is 2.20. The van der Waals surface area contributed by atoms with Gasteiger partial charge in [0.05, 0.1) is 11.9 Å². The highest BCUT2D eigenvalue weighted by Gasteiger charge is 2.13. The van der Waals surface area contributed by atoms with Crippen molar-refractivity contribution < 1.29 is 18.3 Å². The number of alkyl halides is 2. The minimum atomic E-state index is -2.87. The highest BCUT2D eigenvalue weighted by Crippen LogP contribution is 2.27. The van der Waals surface area contributed by atoms with Gasteiger partial charge in [-0.2, -0.15) is 20.5 Å². The zero-order valence-corrected chi connectivity index (χ0v) is 20.4. The minimum Gasteiger partial charge on any atom is -0.435 e. The van der Waals surface area contributed by atoms with Crippen LogP contribution in [0.3, 0.4) is 0 Å². The molecule has 0 saturated carbocycles. The third-order valence-electron chi connectivity index (χ3n) is 5.33. The number of amides is 1. The Balaban J connectivity index is 1.48. The molecule has 0 unspecified atom stereocenters. The van der Waals surface area contributed by atoms with Crippen molar-refractivity contribution in [3.8, 4) is 17.0 Å². The molecule has 2 aromatic carbocycles. The summed E-state index contributed by atoms with van der Waals surface area (Å²) in [5.41, 5.74) is 9.83. The molecule has 4 rings (SSSR count). The third-order valence-corrected chi connectivity index (χ3v) is 6.35. The number of carbonyl (C=O) groups excluding carboxylic acids is 1. The van der Waals surface area contributed by atoms with Gasteiger partial charge in [-0.25, -0.2) is 9.97 Å². The second kappa shape index (κ2) is 11.8. The number of benzene rings is 2. The second-order valence-corrected chi connectivity index (χ2v) is 9.05. The Morgan fingerprint density at radius 2 is 1.97 bits per heavy atom. The van der Waals surface area contributed by atoms with Crippen molar-refractivity contribution in [2.75, 3.05) is 29.9 Å². The number of aromatic nitrogens is 3. The van der Waals surface area contributed by atoms with Crippen LogP contribution in [0, 0.1) is 6.92 Å². The normalized spacial score (nSPS) is 11.1. The van der Waals surface area contributed by atoms with Crippen molar-refractivity contribution in [2.45, 2.75) is 13.5 Å². The third kappa shape index (κ3) is 6.10. The molecule has 0 saturated heterocycles. The molecule has 0 aliphatic carbocycles. The van der Waals surface area contributed by atoms with E-state index in [2.05, 4.69) is 25.3 Å². The van der Waals surface area contributed by atoms with E-state index < -0.39 is 6.61 Å². The highest BCUT2D eigenvalue weighted by atomic mass is 32.2. The number of ether oxygens (including phenoxy) is 1. The lowest BCUT2D eigenvalue weighted by Crippen LogP contribution is -2.26. The number of nitrogens with zero attached hydrogens (tertiary/aromatic N) is 3. The van der Waals surface area contributed by atoms with Crippen LogP contribution >= 0.6 is 11.8 Å². The van der Waals surface area contributed by atoms with Crippen LogP contribution in [0.5, 0.6) is 5.75 Å². The van der Waals surface area contributed by atoms with E-state index in [0.29, 0.717) is 30.1 Å². The van der Waals surface area contributed by atoms with E-state index in [-0.39, 0.29) is 11.7 Å². The Labute approximate surface area is 211 Å². The summed E-state index contributed by atoms with van der Waals surface area (Å²) in [7, 11) is 0. The molecule has 11 heteroatoms. The number of nitrogens with one attached hydrogen (secondary N) is 2. The molecule has 0 aliphatic heterocycles. The lowest BCUT2D eigenvalue weighted by molar-refractivity contribution is -0.0498. The first-order chi connectivity index (χ1) is 17.5. The van der Waals surface area contributed by atoms with Crippen LogP contribution in [-0.2, 0) is 0 Å². The molecule has 0 fully saturated rings. The maximum atomic E-state index is 12.5. The lowest BCUT2D eigenvalue weighted by Gasteiger charge is -2.11. The van der Waals surface area contributed by atoms with Crippen LogP contribution in [0.2, 0.25) is 0 Å². The van der Waals surface area contributed by atoms with Gasteiger partial charge >= 0.3 is 6.61 Å². The summed E-state index contributed by atoms with van der Waals surface area (Å²) < 4.78 is 31.1. The van der Waals surface area contributed by atoms with Crippen LogP contribution in [0.1, 0.15) is 15.9 Å².